The SMILES string of the molecule is N#Cc1ccc(NC(=O)CN2CCC(c3c[nH]c4ccccc34)CC2)cc1. The number of piperidine rings is 1. The van der Waals surface area contributed by atoms with E-state index >= 15 is 0 Å². The Kier molecular flexibility index (Phi) is 4.91. The summed E-state index contributed by atoms with van der Waals surface area (Å²) >= 11 is 0. The Morgan fingerprint density at radius 2 is 1.89 bits per heavy atom. The number of aromatic amines is 1. The number of nitrogens with one attached hydrogen (secondary N) is 2. The number of carbonyl (C=O) groups is 1. The molecule has 0 unspecified atom stereocenters. The normalized spacial score (nSPS) is 15.5. The first-order valence-electron chi connectivity index (χ1n) is 9.31. The number of H-pyrrole nitrogens is 1. The van der Waals surface area contributed by atoms with Crippen LogP contribution in [0.2, 0.25) is 0 Å². The van der Waals surface area contributed by atoms with Crippen molar-refractivity contribution in [1.82, 2.24) is 9.88 Å². The number of aromatic nitrogens is 1. The number of nitriles is 1. The molecule has 2 heterocycles. The summed E-state index contributed by atoms with van der Waals surface area (Å²) in [4.78, 5) is 17.9. The van der Waals surface area contributed by atoms with E-state index in [1.165, 1.54) is 16.5 Å². The maximum Gasteiger partial charge on any atom is 0.238 e. The maximum atomic E-state index is 12.3. The molecule has 5 nitrogen and oxygen atoms in total. The third kappa shape index (κ3) is 3.86. The minimum atomic E-state index is -0.00903. The van der Waals surface area contributed by atoms with Crippen LogP contribution in [0.1, 0.15) is 29.9 Å². The van der Waals surface area contributed by atoms with Gasteiger partial charge in [0.05, 0.1) is 18.2 Å². The molecule has 1 saturated heterocycles. The molecular weight excluding hydrogens is 336 g/mol. The number of fused-ring (bicyclic) bond motifs is 1. The van der Waals surface area contributed by atoms with Crippen LogP contribution in [0, 0.1) is 11.3 Å². The summed E-state index contributed by atoms with van der Waals surface area (Å²) in [6, 6.07) is 17.5. The van der Waals surface area contributed by atoms with Gasteiger partial charge in [-0.2, -0.15) is 5.26 Å². The highest BCUT2D eigenvalue weighted by atomic mass is 16.2. The summed E-state index contributed by atoms with van der Waals surface area (Å²) < 4.78 is 0. The van der Waals surface area contributed by atoms with Gasteiger partial charge in [0.15, 0.2) is 0 Å². The van der Waals surface area contributed by atoms with E-state index < -0.39 is 0 Å². The number of benzene rings is 2. The predicted octanol–water partition coefficient (Wildman–Crippen LogP) is 3.86. The lowest BCUT2D eigenvalue weighted by Gasteiger charge is -2.31. The largest absolute Gasteiger partial charge is 0.361 e. The van der Waals surface area contributed by atoms with E-state index in [2.05, 4.69) is 51.7 Å². The lowest BCUT2D eigenvalue weighted by molar-refractivity contribution is -0.117. The molecule has 1 aliphatic heterocycles. The molecule has 0 aliphatic carbocycles. The topological polar surface area (TPSA) is 71.9 Å². The van der Waals surface area contributed by atoms with E-state index in [1.807, 2.05) is 0 Å². The third-order valence-electron chi connectivity index (χ3n) is 5.31. The average Bonchev–Trinajstić information content (AvgIpc) is 3.13. The first kappa shape index (κ1) is 17.3. The zero-order valence-corrected chi connectivity index (χ0v) is 15.1. The van der Waals surface area contributed by atoms with E-state index in [0.717, 1.165) is 31.6 Å². The summed E-state index contributed by atoms with van der Waals surface area (Å²) in [6.07, 6.45) is 4.26. The third-order valence-corrected chi connectivity index (χ3v) is 5.31. The highest BCUT2D eigenvalue weighted by Gasteiger charge is 2.23. The Labute approximate surface area is 158 Å². The van der Waals surface area contributed by atoms with E-state index in [0.29, 0.717) is 18.0 Å². The Bertz CT molecular complexity index is 975. The fraction of sp³-hybridized carbons (Fsp3) is 0.273. The second kappa shape index (κ2) is 7.65. The zero-order valence-electron chi connectivity index (χ0n) is 15.1. The summed E-state index contributed by atoms with van der Waals surface area (Å²) in [5.74, 6) is 0.532. The second-order valence-electron chi connectivity index (χ2n) is 7.08. The molecule has 1 amide bonds. The number of anilines is 1. The number of nitrogens with zero attached hydrogens (tertiary/aromatic N) is 2. The van der Waals surface area contributed by atoms with E-state index in [-0.39, 0.29) is 5.91 Å². The monoisotopic (exact) mass is 358 g/mol. The van der Waals surface area contributed by atoms with E-state index in [9.17, 15) is 4.79 Å². The molecule has 2 aromatic carbocycles. The van der Waals surface area contributed by atoms with Crippen molar-refractivity contribution >= 4 is 22.5 Å². The molecule has 5 heteroatoms. The summed E-state index contributed by atoms with van der Waals surface area (Å²) in [7, 11) is 0. The number of para-hydroxylation sites is 1. The summed E-state index contributed by atoms with van der Waals surface area (Å²) in [6.45, 7) is 2.25. The lowest BCUT2D eigenvalue weighted by atomic mass is 9.89. The standard InChI is InChI=1S/C22H22N4O/c23-13-16-5-7-18(8-6-16)25-22(27)15-26-11-9-17(10-12-26)20-14-24-21-4-2-1-3-19(20)21/h1-8,14,17,24H,9-12,15H2,(H,25,27). The fourth-order valence-corrected chi connectivity index (χ4v) is 3.87. The van der Waals surface area contributed by atoms with Crippen LogP contribution in [0.5, 0.6) is 0 Å². The van der Waals surface area contributed by atoms with Crippen molar-refractivity contribution in [3.63, 3.8) is 0 Å². The van der Waals surface area contributed by atoms with Crippen LogP contribution < -0.4 is 5.32 Å². The molecule has 0 bridgehead atoms. The predicted molar refractivity (Wildman–Crippen MR) is 107 cm³/mol. The number of carbonyl (C=O) groups excluding carboxylic acids is 1. The van der Waals surface area contributed by atoms with Gasteiger partial charge in [0.1, 0.15) is 0 Å². The molecule has 1 aromatic heterocycles. The number of hydrogen-bond acceptors (Lipinski definition) is 3. The Balaban J connectivity index is 1.31. The number of hydrogen-bond donors (Lipinski definition) is 2. The van der Waals surface area contributed by atoms with Gasteiger partial charge in [0, 0.05) is 22.8 Å². The first-order chi connectivity index (χ1) is 13.2. The Morgan fingerprint density at radius 3 is 2.63 bits per heavy atom. The molecule has 0 atom stereocenters. The van der Waals surface area contributed by atoms with Crippen LogP contribution in [0.25, 0.3) is 10.9 Å². The smallest absolute Gasteiger partial charge is 0.238 e. The molecule has 0 radical (unpaired) electrons. The van der Waals surface area contributed by atoms with Crippen LogP contribution in [0.15, 0.2) is 54.7 Å². The molecule has 1 aliphatic rings. The van der Waals surface area contributed by atoms with E-state index in [1.54, 1.807) is 24.3 Å². The van der Waals surface area contributed by atoms with Crippen molar-refractivity contribution in [3.8, 4) is 6.07 Å². The van der Waals surface area contributed by atoms with Crippen LogP contribution in [0.3, 0.4) is 0 Å². The zero-order chi connectivity index (χ0) is 18.6. The summed E-state index contributed by atoms with van der Waals surface area (Å²) in [5, 5.41) is 13.1. The van der Waals surface area contributed by atoms with Gasteiger partial charge in [0.25, 0.3) is 0 Å². The van der Waals surface area contributed by atoms with Gasteiger partial charge in [-0.05, 0) is 67.7 Å². The van der Waals surface area contributed by atoms with Crippen LogP contribution >= 0.6 is 0 Å². The molecule has 2 N–H and O–H groups in total. The van der Waals surface area contributed by atoms with Crippen molar-refractivity contribution in [2.45, 2.75) is 18.8 Å². The van der Waals surface area contributed by atoms with Gasteiger partial charge in [-0.3, -0.25) is 9.69 Å². The molecule has 0 saturated carbocycles. The first-order valence-corrected chi connectivity index (χ1v) is 9.31. The molecule has 136 valence electrons. The van der Waals surface area contributed by atoms with Crippen LogP contribution in [-0.4, -0.2) is 35.4 Å². The Morgan fingerprint density at radius 1 is 1.15 bits per heavy atom. The highest BCUT2D eigenvalue weighted by molar-refractivity contribution is 5.92. The van der Waals surface area contributed by atoms with Gasteiger partial charge in [0.2, 0.25) is 5.91 Å². The number of rotatable bonds is 4. The molecule has 0 spiro atoms. The van der Waals surface area contributed by atoms with Gasteiger partial charge in [-0.25, -0.2) is 0 Å². The van der Waals surface area contributed by atoms with Crippen LogP contribution in [-0.2, 0) is 4.79 Å². The minimum Gasteiger partial charge on any atom is -0.361 e. The Hall–Kier alpha value is -3.10. The number of likely N-dealkylation sites (tertiary alicyclic amines) is 1. The number of amides is 1. The maximum absolute atomic E-state index is 12.3. The van der Waals surface area contributed by atoms with Gasteiger partial charge >= 0.3 is 0 Å². The van der Waals surface area contributed by atoms with E-state index in [4.69, 9.17) is 5.26 Å². The van der Waals surface area contributed by atoms with Gasteiger partial charge in [-0.15, -0.1) is 0 Å². The van der Waals surface area contributed by atoms with Crippen molar-refractivity contribution in [1.29, 1.82) is 5.26 Å². The molecule has 27 heavy (non-hydrogen) atoms. The average molecular weight is 358 g/mol. The van der Waals surface area contributed by atoms with Crippen LogP contribution in [0.4, 0.5) is 5.69 Å². The van der Waals surface area contributed by atoms with Crippen molar-refractivity contribution in [2.75, 3.05) is 25.0 Å². The molecular formula is C22H22N4O. The lowest BCUT2D eigenvalue weighted by Crippen LogP contribution is -2.38. The second-order valence-corrected chi connectivity index (χ2v) is 7.08. The minimum absolute atomic E-state index is 0.00903. The van der Waals surface area contributed by atoms with Crippen molar-refractivity contribution < 1.29 is 4.79 Å². The molecule has 3 aromatic rings. The fourth-order valence-electron chi connectivity index (χ4n) is 3.87. The molecule has 4 rings (SSSR count). The quantitative estimate of drug-likeness (QED) is 0.744. The van der Waals surface area contributed by atoms with Gasteiger partial charge in [-0.1, -0.05) is 18.2 Å². The molecule has 1 fully saturated rings. The summed E-state index contributed by atoms with van der Waals surface area (Å²) in [5.41, 5.74) is 3.91. The highest BCUT2D eigenvalue weighted by Crippen LogP contribution is 2.32. The van der Waals surface area contributed by atoms with Gasteiger partial charge < -0.3 is 10.3 Å². The van der Waals surface area contributed by atoms with Crippen molar-refractivity contribution in [3.05, 3.63) is 65.9 Å². The van der Waals surface area contributed by atoms with Crippen molar-refractivity contribution in [2.24, 2.45) is 0 Å².